The molecule has 0 radical (unpaired) electrons. The predicted octanol–water partition coefficient (Wildman–Crippen LogP) is 1.93. The van der Waals surface area contributed by atoms with Crippen molar-refractivity contribution in [3.05, 3.63) is 23.8 Å². The highest BCUT2D eigenvalue weighted by Crippen LogP contribution is 2.41. The van der Waals surface area contributed by atoms with E-state index in [0.717, 1.165) is 11.3 Å². The average Bonchev–Trinajstić information content (AvgIpc) is 2.66. The number of ether oxygens (including phenoxy) is 2. The first kappa shape index (κ1) is 21.9. The molecule has 0 bridgehead atoms. The summed E-state index contributed by atoms with van der Waals surface area (Å²) in [5.41, 5.74) is 0.456. The minimum atomic E-state index is -3.53. The lowest BCUT2D eigenvalue weighted by molar-refractivity contribution is -0.127. The number of hydrogen-bond donors (Lipinski definition) is 1. The fraction of sp³-hybridized carbons (Fsp3) is 0.650. The first-order valence-electron chi connectivity index (χ1n) is 9.88. The van der Waals surface area contributed by atoms with Gasteiger partial charge in [0.05, 0.1) is 19.1 Å². The highest BCUT2D eigenvalue weighted by Gasteiger charge is 2.38. The van der Waals surface area contributed by atoms with E-state index >= 15 is 0 Å². The van der Waals surface area contributed by atoms with Gasteiger partial charge in [0.25, 0.3) is 10.2 Å². The number of amides is 1. The highest BCUT2D eigenvalue weighted by molar-refractivity contribution is 7.86. The van der Waals surface area contributed by atoms with Gasteiger partial charge in [-0.25, -0.2) is 0 Å². The van der Waals surface area contributed by atoms with Crippen LogP contribution in [0.25, 0.3) is 0 Å². The molecule has 0 aromatic heterocycles. The first-order chi connectivity index (χ1) is 13.5. The normalized spacial score (nSPS) is 24.5. The van der Waals surface area contributed by atoms with Crippen LogP contribution in [0.1, 0.15) is 44.7 Å². The van der Waals surface area contributed by atoms with E-state index in [-0.39, 0.29) is 24.4 Å². The smallest absolute Gasteiger partial charge is 0.281 e. The van der Waals surface area contributed by atoms with Crippen LogP contribution in [-0.2, 0) is 15.0 Å². The van der Waals surface area contributed by atoms with Crippen molar-refractivity contribution in [2.45, 2.75) is 44.8 Å². The number of carbonyl (C=O) groups is 1. The summed E-state index contributed by atoms with van der Waals surface area (Å²) >= 11 is 0. The molecule has 2 heterocycles. The second kappa shape index (κ2) is 8.12. The Hall–Kier alpha value is -1.84. The van der Waals surface area contributed by atoms with Crippen molar-refractivity contribution >= 4 is 16.1 Å². The van der Waals surface area contributed by atoms with E-state index in [1.807, 2.05) is 32.0 Å². The third-order valence-corrected chi connectivity index (χ3v) is 7.44. The van der Waals surface area contributed by atoms with Crippen LogP contribution in [0.2, 0.25) is 0 Å². The molecule has 1 saturated heterocycles. The van der Waals surface area contributed by atoms with E-state index in [1.54, 1.807) is 7.11 Å². The summed E-state index contributed by atoms with van der Waals surface area (Å²) in [6, 6.07) is 5.36. The maximum atomic E-state index is 13.1. The van der Waals surface area contributed by atoms with E-state index in [0.29, 0.717) is 31.6 Å². The number of nitrogens with one attached hydrogen (secondary N) is 1. The van der Waals surface area contributed by atoms with Crippen molar-refractivity contribution in [2.75, 3.05) is 34.3 Å². The van der Waals surface area contributed by atoms with E-state index in [2.05, 4.69) is 5.32 Å². The van der Waals surface area contributed by atoms with Crippen LogP contribution < -0.4 is 14.8 Å². The maximum absolute atomic E-state index is 13.1. The van der Waals surface area contributed by atoms with Gasteiger partial charge >= 0.3 is 0 Å². The van der Waals surface area contributed by atoms with Crippen molar-refractivity contribution in [1.29, 1.82) is 0 Å². The fourth-order valence-electron chi connectivity index (χ4n) is 3.97. The van der Waals surface area contributed by atoms with E-state index in [9.17, 15) is 13.2 Å². The molecule has 162 valence electrons. The zero-order valence-corrected chi connectivity index (χ0v) is 18.6. The monoisotopic (exact) mass is 425 g/mol. The molecule has 1 amide bonds. The number of benzene rings is 1. The van der Waals surface area contributed by atoms with Gasteiger partial charge in [0, 0.05) is 39.2 Å². The summed E-state index contributed by atoms with van der Waals surface area (Å²) in [4.78, 5) is 13.1. The second-order valence-electron chi connectivity index (χ2n) is 8.52. The lowest BCUT2D eigenvalue weighted by Crippen LogP contribution is -2.50. The second-order valence-corrected chi connectivity index (χ2v) is 10.7. The standard InChI is InChI=1S/C20H31N3O5S/c1-20(2)12-17(16-11-15(27-5)8-9-18(16)28-20)21-19(24)14-7-6-10-23(13-14)29(25,26)22(3)4/h8-9,11,14,17H,6-7,10,12-13H2,1-5H3,(H,21,24). The van der Waals surface area contributed by atoms with Crippen LogP contribution in [0.5, 0.6) is 11.5 Å². The van der Waals surface area contributed by atoms with Crippen LogP contribution in [0.3, 0.4) is 0 Å². The molecule has 0 spiro atoms. The summed E-state index contributed by atoms with van der Waals surface area (Å²) < 4.78 is 38.9. The molecule has 8 nitrogen and oxygen atoms in total. The molecular weight excluding hydrogens is 394 g/mol. The quantitative estimate of drug-likeness (QED) is 0.779. The van der Waals surface area contributed by atoms with Gasteiger partial charge in [-0.2, -0.15) is 17.0 Å². The number of methoxy groups -OCH3 is 1. The van der Waals surface area contributed by atoms with Gasteiger partial charge in [-0.05, 0) is 44.9 Å². The Morgan fingerprint density at radius 2 is 2.07 bits per heavy atom. The molecule has 1 aromatic carbocycles. The molecule has 0 saturated carbocycles. The fourth-order valence-corrected chi connectivity index (χ4v) is 5.16. The zero-order chi connectivity index (χ0) is 21.4. The molecule has 29 heavy (non-hydrogen) atoms. The first-order valence-corrected chi connectivity index (χ1v) is 11.3. The Labute approximate surface area is 173 Å². The van der Waals surface area contributed by atoms with Crippen LogP contribution in [0.4, 0.5) is 0 Å². The lowest BCUT2D eigenvalue weighted by Gasteiger charge is -2.39. The SMILES string of the molecule is COc1ccc2c(c1)C(NC(=O)C1CCCN(S(=O)(=O)N(C)C)C1)CC(C)(C)O2. The Bertz CT molecular complexity index is 869. The van der Waals surface area contributed by atoms with Crippen LogP contribution in [-0.4, -0.2) is 62.8 Å². The van der Waals surface area contributed by atoms with Crippen molar-refractivity contribution in [1.82, 2.24) is 13.9 Å². The summed E-state index contributed by atoms with van der Waals surface area (Å²) in [5.74, 6) is 0.929. The van der Waals surface area contributed by atoms with E-state index < -0.39 is 15.8 Å². The molecule has 1 N–H and O–H groups in total. The molecule has 2 atom stereocenters. The summed E-state index contributed by atoms with van der Waals surface area (Å²) in [7, 11) is 1.09. The third-order valence-electron chi connectivity index (χ3n) is 5.53. The van der Waals surface area contributed by atoms with Crippen molar-refractivity contribution in [3.63, 3.8) is 0 Å². The molecule has 9 heteroatoms. The molecular formula is C20H31N3O5S. The number of nitrogens with zero attached hydrogens (tertiary/aromatic N) is 2. The number of fused-ring (bicyclic) bond motifs is 1. The van der Waals surface area contributed by atoms with Gasteiger partial charge < -0.3 is 14.8 Å². The molecule has 2 aliphatic heterocycles. The number of piperidine rings is 1. The van der Waals surface area contributed by atoms with Gasteiger partial charge in [-0.1, -0.05) is 0 Å². The Balaban J connectivity index is 1.78. The molecule has 2 aliphatic rings. The molecule has 3 rings (SSSR count). The van der Waals surface area contributed by atoms with Gasteiger partial charge in [0.1, 0.15) is 17.1 Å². The number of carbonyl (C=O) groups excluding carboxylic acids is 1. The zero-order valence-electron chi connectivity index (χ0n) is 17.8. The van der Waals surface area contributed by atoms with Crippen molar-refractivity contribution in [3.8, 4) is 11.5 Å². The third kappa shape index (κ3) is 4.67. The minimum absolute atomic E-state index is 0.125. The Kier molecular flexibility index (Phi) is 6.12. The largest absolute Gasteiger partial charge is 0.497 e. The van der Waals surface area contributed by atoms with Crippen LogP contribution in [0.15, 0.2) is 18.2 Å². The topological polar surface area (TPSA) is 88.2 Å². The van der Waals surface area contributed by atoms with Crippen molar-refractivity contribution < 1.29 is 22.7 Å². The van der Waals surface area contributed by atoms with Gasteiger partial charge in [-0.15, -0.1) is 0 Å². The lowest BCUT2D eigenvalue weighted by atomic mass is 9.88. The van der Waals surface area contributed by atoms with Crippen LogP contribution in [0, 0.1) is 5.92 Å². The average molecular weight is 426 g/mol. The Morgan fingerprint density at radius 3 is 2.72 bits per heavy atom. The van der Waals surface area contributed by atoms with Gasteiger partial charge in [0.15, 0.2) is 0 Å². The van der Waals surface area contributed by atoms with E-state index in [4.69, 9.17) is 9.47 Å². The Morgan fingerprint density at radius 1 is 1.34 bits per heavy atom. The molecule has 0 aliphatic carbocycles. The number of rotatable bonds is 5. The number of hydrogen-bond acceptors (Lipinski definition) is 5. The van der Waals surface area contributed by atoms with Crippen molar-refractivity contribution in [2.24, 2.45) is 5.92 Å². The van der Waals surface area contributed by atoms with Gasteiger partial charge in [0.2, 0.25) is 5.91 Å². The minimum Gasteiger partial charge on any atom is -0.497 e. The maximum Gasteiger partial charge on any atom is 0.281 e. The highest BCUT2D eigenvalue weighted by atomic mass is 32.2. The predicted molar refractivity (Wildman–Crippen MR) is 110 cm³/mol. The summed E-state index contributed by atoms with van der Waals surface area (Å²) in [5, 5.41) is 3.14. The van der Waals surface area contributed by atoms with Gasteiger partial charge in [-0.3, -0.25) is 4.79 Å². The molecule has 2 unspecified atom stereocenters. The van der Waals surface area contributed by atoms with E-state index in [1.165, 1.54) is 22.7 Å². The van der Waals surface area contributed by atoms with Crippen LogP contribution >= 0.6 is 0 Å². The summed E-state index contributed by atoms with van der Waals surface area (Å²) in [6.45, 7) is 4.62. The molecule has 1 fully saturated rings. The summed E-state index contributed by atoms with van der Waals surface area (Å²) in [6.07, 6.45) is 1.95. The molecule has 1 aromatic rings.